The smallest absolute Gasteiger partial charge is 0.251 e. The Balaban J connectivity index is 1.26. The quantitative estimate of drug-likeness (QED) is 0.425. The first-order valence-corrected chi connectivity index (χ1v) is 11.9. The van der Waals surface area contributed by atoms with Gasteiger partial charge in [-0.25, -0.2) is 8.78 Å². The van der Waals surface area contributed by atoms with Gasteiger partial charge in [0.15, 0.2) is 28.8 Å². The summed E-state index contributed by atoms with van der Waals surface area (Å²) in [6, 6.07) is 11.9. The van der Waals surface area contributed by atoms with Gasteiger partial charge in [0.05, 0.1) is 23.7 Å². The number of aromatic nitrogens is 2. The molecule has 0 saturated heterocycles. The standard InChI is InChI=1S/C27H21F2N3O6/c28-17-13-18(29)26-19(14-17)32(25(34)12-16-2-4-21-23(10-16)38-8-6-36-21)31-27(26)30-24(33)11-15-1-3-20-22(9-15)37-7-5-35-20/h1-4,9-10,13-14H,5-8,11-12H2,(H,30,31,33). The van der Waals surface area contributed by atoms with Crippen molar-refractivity contribution in [2.24, 2.45) is 0 Å². The average Bonchev–Trinajstić information content (AvgIpc) is 3.26. The summed E-state index contributed by atoms with van der Waals surface area (Å²) in [4.78, 5) is 26.0. The first kappa shape index (κ1) is 23.7. The van der Waals surface area contributed by atoms with Crippen molar-refractivity contribution in [3.63, 3.8) is 0 Å². The van der Waals surface area contributed by atoms with E-state index in [4.69, 9.17) is 18.9 Å². The van der Waals surface area contributed by atoms with Crippen LogP contribution in [0.25, 0.3) is 10.9 Å². The summed E-state index contributed by atoms with van der Waals surface area (Å²) in [6.07, 6.45) is -0.199. The molecule has 1 N–H and O–H groups in total. The predicted octanol–water partition coefficient (Wildman–Crippen LogP) is 3.92. The topological polar surface area (TPSA) is 101 Å². The third-order valence-corrected chi connectivity index (χ3v) is 6.13. The molecule has 0 atom stereocenters. The minimum atomic E-state index is -0.951. The molecule has 3 aromatic carbocycles. The highest BCUT2D eigenvalue weighted by molar-refractivity contribution is 6.03. The van der Waals surface area contributed by atoms with Gasteiger partial charge in [-0.15, -0.1) is 5.10 Å². The van der Waals surface area contributed by atoms with E-state index in [9.17, 15) is 18.4 Å². The van der Waals surface area contributed by atoms with Crippen LogP contribution in [0, 0.1) is 11.6 Å². The number of rotatable bonds is 5. The van der Waals surface area contributed by atoms with Crippen LogP contribution in [0.5, 0.6) is 23.0 Å². The number of hydrogen-bond donors (Lipinski definition) is 1. The van der Waals surface area contributed by atoms with Crippen LogP contribution in [-0.4, -0.2) is 48.0 Å². The van der Waals surface area contributed by atoms with Gasteiger partial charge in [0.2, 0.25) is 5.91 Å². The maximum atomic E-state index is 14.8. The second kappa shape index (κ2) is 9.66. The van der Waals surface area contributed by atoms with Gasteiger partial charge >= 0.3 is 0 Å². The molecule has 194 valence electrons. The van der Waals surface area contributed by atoms with Crippen LogP contribution in [0.15, 0.2) is 48.5 Å². The van der Waals surface area contributed by atoms with Crippen molar-refractivity contribution in [2.75, 3.05) is 31.7 Å². The monoisotopic (exact) mass is 521 g/mol. The molecule has 9 nitrogen and oxygen atoms in total. The van der Waals surface area contributed by atoms with Crippen LogP contribution < -0.4 is 24.3 Å². The Morgan fingerprint density at radius 2 is 1.37 bits per heavy atom. The predicted molar refractivity (Wildman–Crippen MR) is 131 cm³/mol. The Morgan fingerprint density at radius 3 is 2.00 bits per heavy atom. The van der Waals surface area contributed by atoms with E-state index in [-0.39, 0.29) is 29.6 Å². The van der Waals surface area contributed by atoms with E-state index in [1.165, 1.54) is 0 Å². The Kier molecular flexibility index (Phi) is 6.02. The van der Waals surface area contributed by atoms with Gasteiger partial charge < -0.3 is 24.3 Å². The second-order valence-electron chi connectivity index (χ2n) is 8.79. The fourth-order valence-electron chi connectivity index (χ4n) is 4.45. The second-order valence-corrected chi connectivity index (χ2v) is 8.79. The minimum absolute atomic E-state index is 0.0705. The van der Waals surface area contributed by atoms with Crippen LogP contribution in [0.2, 0.25) is 0 Å². The Bertz CT molecular complexity index is 1590. The number of carbonyl (C=O) groups excluding carboxylic acids is 2. The highest BCUT2D eigenvalue weighted by Crippen LogP contribution is 2.33. The molecule has 0 radical (unpaired) electrons. The maximum absolute atomic E-state index is 14.8. The molecule has 0 saturated carbocycles. The Hall–Kier alpha value is -4.67. The fourth-order valence-corrected chi connectivity index (χ4v) is 4.45. The van der Waals surface area contributed by atoms with Crippen molar-refractivity contribution in [3.05, 3.63) is 71.3 Å². The third kappa shape index (κ3) is 4.58. The molecule has 1 amide bonds. The van der Waals surface area contributed by atoms with E-state index in [0.29, 0.717) is 66.6 Å². The normalized spacial score (nSPS) is 13.8. The average molecular weight is 521 g/mol. The van der Waals surface area contributed by atoms with Gasteiger partial charge in [-0.3, -0.25) is 9.59 Å². The van der Waals surface area contributed by atoms with Crippen LogP contribution in [-0.2, 0) is 17.6 Å². The van der Waals surface area contributed by atoms with Crippen LogP contribution in [0.1, 0.15) is 15.9 Å². The third-order valence-electron chi connectivity index (χ3n) is 6.13. The summed E-state index contributed by atoms with van der Waals surface area (Å²) in [5, 5.41) is 6.55. The zero-order valence-corrected chi connectivity index (χ0v) is 20.0. The molecule has 4 aromatic rings. The van der Waals surface area contributed by atoms with Crippen molar-refractivity contribution < 1.29 is 37.3 Å². The Labute approximate surface area is 214 Å². The number of amides is 1. The molecule has 0 bridgehead atoms. The molecule has 2 aliphatic heterocycles. The number of nitrogens with one attached hydrogen (secondary N) is 1. The maximum Gasteiger partial charge on any atom is 0.251 e. The summed E-state index contributed by atoms with van der Waals surface area (Å²) in [5.74, 6) is -0.866. The van der Waals surface area contributed by atoms with E-state index in [0.717, 1.165) is 10.7 Å². The number of carbonyl (C=O) groups is 2. The first-order chi connectivity index (χ1) is 18.4. The molecule has 1 aromatic heterocycles. The lowest BCUT2D eigenvalue weighted by Gasteiger charge is -2.18. The molecule has 6 rings (SSSR count). The molecule has 3 heterocycles. The summed E-state index contributed by atoms with van der Waals surface area (Å²) in [7, 11) is 0. The number of nitrogens with zero attached hydrogens (tertiary/aromatic N) is 2. The number of hydrogen-bond acceptors (Lipinski definition) is 7. The zero-order chi connectivity index (χ0) is 26.2. The van der Waals surface area contributed by atoms with E-state index >= 15 is 0 Å². The number of benzene rings is 3. The molecule has 0 aliphatic carbocycles. The Morgan fingerprint density at radius 1 is 0.789 bits per heavy atom. The number of fused-ring (bicyclic) bond motifs is 3. The van der Waals surface area contributed by atoms with E-state index in [1.807, 2.05) is 0 Å². The van der Waals surface area contributed by atoms with E-state index < -0.39 is 23.4 Å². The molecule has 2 aliphatic rings. The number of ether oxygens (including phenoxy) is 4. The summed E-state index contributed by atoms with van der Waals surface area (Å²) in [5.41, 5.74) is 1.14. The molecule has 11 heteroatoms. The summed E-state index contributed by atoms with van der Waals surface area (Å²) >= 11 is 0. The number of halogens is 2. The highest BCUT2D eigenvalue weighted by atomic mass is 19.1. The highest BCUT2D eigenvalue weighted by Gasteiger charge is 2.23. The van der Waals surface area contributed by atoms with Crippen molar-refractivity contribution in [1.29, 1.82) is 0 Å². The molecule has 0 unspecified atom stereocenters. The van der Waals surface area contributed by atoms with E-state index in [2.05, 4.69) is 10.4 Å². The van der Waals surface area contributed by atoms with Crippen LogP contribution in [0.4, 0.5) is 14.6 Å². The van der Waals surface area contributed by atoms with Crippen molar-refractivity contribution in [3.8, 4) is 23.0 Å². The van der Waals surface area contributed by atoms with Crippen LogP contribution >= 0.6 is 0 Å². The van der Waals surface area contributed by atoms with Gasteiger partial charge in [0.1, 0.15) is 38.1 Å². The minimum Gasteiger partial charge on any atom is -0.486 e. The van der Waals surface area contributed by atoms with Gasteiger partial charge in [-0.05, 0) is 35.4 Å². The first-order valence-electron chi connectivity index (χ1n) is 11.9. The SMILES string of the molecule is O=C(Cc1ccc2c(c1)OCCO2)Nc1nn(C(=O)Cc2ccc3c(c2)OCCO3)c2cc(F)cc(F)c12. The summed E-state index contributed by atoms with van der Waals surface area (Å²) in [6.45, 7) is 1.68. The van der Waals surface area contributed by atoms with Gasteiger partial charge in [-0.2, -0.15) is 4.68 Å². The lowest BCUT2D eigenvalue weighted by atomic mass is 10.1. The van der Waals surface area contributed by atoms with Crippen LogP contribution in [0.3, 0.4) is 0 Å². The largest absolute Gasteiger partial charge is 0.486 e. The molecular formula is C27H21F2N3O6. The van der Waals surface area contributed by atoms with Gasteiger partial charge in [0, 0.05) is 12.1 Å². The van der Waals surface area contributed by atoms with Gasteiger partial charge in [0.25, 0.3) is 5.91 Å². The molecule has 38 heavy (non-hydrogen) atoms. The van der Waals surface area contributed by atoms with Crippen molar-refractivity contribution in [1.82, 2.24) is 9.78 Å². The molecule has 0 spiro atoms. The lowest BCUT2D eigenvalue weighted by molar-refractivity contribution is -0.115. The van der Waals surface area contributed by atoms with E-state index in [1.54, 1.807) is 36.4 Å². The molecule has 0 fully saturated rings. The summed E-state index contributed by atoms with van der Waals surface area (Å²) < 4.78 is 52.0. The van der Waals surface area contributed by atoms with Gasteiger partial charge in [-0.1, -0.05) is 12.1 Å². The lowest BCUT2D eigenvalue weighted by Crippen LogP contribution is -2.19. The zero-order valence-electron chi connectivity index (χ0n) is 20.0. The number of anilines is 1. The fraction of sp³-hybridized carbons (Fsp3) is 0.222. The van der Waals surface area contributed by atoms with Crippen molar-refractivity contribution >= 4 is 28.5 Å². The van der Waals surface area contributed by atoms with Crippen molar-refractivity contribution in [2.45, 2.75) is 12.8 Å². The molecular weight excluding hydrogens is 500 g/mol.